The van der Waals surface area contributed by atoms with Crippen LogP contribution in [0.2, 0.25) is 0 Å². The van der Waals surface area contributed by atoms with Crippen molar-refractivity contribution >= 4 is 22.6 Å². The molecule has 2 heterocycles. The van der Waals surface area contributed by atoms with Gasteiger partial charge in [0.15, 0.2) is 5.82 Å². The zero-order chi connectivity index (χ0) is 18.3. The normalized spacial score (nSPS) is 11.0. The lowest BCUT2D eigenvalue weighted by Gasteiger charge is -2.01. The SMILES string of the molecule is Cc1cn(-c2ccccc2)nc1NC(=O)c1cc2c(C)c(C)ccc2[nH]1. The zero-order valence-corrected chi connectivity index (χ0v) is 15.0. The number of aryl methyl sites for hydroxylation is 3. The molecule has 26 heavy (non-hydrogen) atoms. The Labute approximate surface area is 151 Å². The van der Waals surface area contributed by atoms with E-state index in [9.17, 15) is 4.79 Å². The van der Waals surface area contributed by atoms with Crippen LogP contribution in [0.5, 0.6) is 0 Å². The number of para-hydroxylation sites is 1. The highest BCUT2D eigenvalue weighted by Crippen LogP contribution is 2.23. The van der Waals surface area contributed by atoms with Gasteiger partial charge in [-0.25, -0.2) is 4.68 Å². The average Bonchev–Trinajstić information content (AvgIpc) is 3.24. The molecular weight excluding hydrogens is 324 g/mol. The Kier molecular flexibility index (Phi) is 3.84. The molecule has 0 saturated carbocycles. The van der Waals surface area contributed by atoms with Gasteiger partial charge in [0.25, 0.3) is 5.91 Å². The number of aromatic nitrogens is 3. The van der Waals surface area contributed by atoms with Crippen LogP contribution in [0.15, 0.2) is 54.7 Å². The van der Waals surface area contributed by atoms with Crippen LogP contribution in [0.1, 0.15) is 27.2 Å². The van der Waals surface area contributed by atoms with Crippen LogP contribution < -0.4 is 5.32 Å². The maximum Gasteiger partial charge on any atom is 0.273 e. The van der Waals surface area contributed by atoms with E-state index in [2.05, 4.69) is 35.3 Å². The van der Waals surface area contributed by atoms with Crippen molar-refractivity contribution in [2.75, 3.05) is 5.32 Å². The molecule has 2 aromatic carbocycles. The monoisotopic (exact) mass is 344 g/mol. The van der Waals surface area contributed by atoms with Gasteiger partial charge >= 0.3 is 0 Å². The topological polar surface area (TPSA) is 62.7 Å². The van der Waals surface area contributed by atoms with E-state index in [1.807, 2.05) is 55.6 Å². The van der Waals surface area contributed by atoms with E-state index in [-0.39, 0.29) is 5.91 Å². The van der Waals surface area contributed by atoms with Gasteiger partial charge in [0, 0.05) is 22.7 Å². The minimum Gasteiger partial charge on any atom is -0.351 e. The highest BCUT2D eigenvalue weighted by molar-refractivity contribution is 6.06. The van der Waals surface area contributed by atoms with E-state index in [4.69, 9.17) is 0 Å². The number of nitrogens with zero attached hydrogens (tertiary/aromatic N) is 2. The molecule has 1 amide bonds. The highest BCUT2D eigenvalue weighted by atomic mass is 16.2. The van der Waals surface area contributed by atoms with Gasteiger partial charge in [0.2, 0.25) is 0 Å². The van der Waals surface area contributed by atoms with Crippen LogP contribution in [0.4, 0.5) is 5.82 Å². The van der Waals surface area contributed by atoms with Crippen LogP contribution in [-0.4, -0.2) is 20.7 Å². The minimum absolute atomic E-state index is 0.195. The maximum atomic E-state index is 12.7. The van der Waals surface area contributed by atoms with Crippen LogP contribution >= 0.6 is 0 Å². The molecule has 0 saturated heterocycles. The van der Waals surface area contributed by atoms with Crippen molar-refractivity contribution in [3.8, 4) is 5.69 Å². The van der Waals surface area contributed by atoms with Gasteiger partial charge < -0.3 is 10.3 Å². The predicted molar refractivity (Wildman–Crippen MR) is 104 cm³/mol. The molecule has 0 aliphatic rings. The second-order valence-electron chi connectivity index (χ2n) is 6.55. The molecule has 0 fully saturated rings. The van der Waals surface area contributed by atoms with Crippen molar-refractivity contribution in [2.24, 2.45) is 0 Å². The molecule has 5 heteroatoms. The van der Waals surface area contributed by atoms with Gasteiger partial charge in [-0.05, 0) is 56.2 Å². The number of anilines is 1. The molecule has 2 N–H and O–H groups in total. The minimum atomic E-state index is -0.195. The predicted octanol–water partition coefficient (Wildman–Crippen LogP) is 4.53. The first-order valence-electron chi connectivity index (χ1n) is 8.55. The number of rotatable bonds is 3. The molecule has 4 aromatic rings. The van der Waals surface area contributed by atoms with Crippen molar-refractivity contribution in [1.29, 1.82) is 0 Å². The summed E-state index contributed by atoms with van der Waals surface area (Å²) in [5.74, 6) is 0.366. The van der Waals surface area contributed by atoms with Crippen molar-refractivity contribution in [3.05, 3.63) is 77.1 Å². The highest BCUT2D eigenvalue weighted by Gasteiger charge is 2.15. The van der Waals surface area contributed by atoms with Crippen molar-refractivity contribution in [1.82, 2.24) is 14.8 Å². The molecule has 0 aliphatic carbocycles. The van der Waals surface area contributed by atoms with Crippen molar-refractivity contribution in [3.63, 3.8) is 0 Å². The number of aromatic amines is 1. The van der Waals surface area contributed by atoms with E-state index in [1.165, 1.54) is 11.1 Å². The Morgan fingerprint density at radius 2 is 1.81 bits per heavy atom. The lowest BCUT2D eigenvalue weighted by molar-refractivity contribution is 0.102. The molecule has 5 nitrogen and oxygen atoms in total. The van der Waals surface area contributed by atoms with E-state index < -0.39 is 0 Å². The number of hydrogen-bond donors (Lipinski definition) is 2. The molecular formula is C21H20N4O. The number of nitrogens with one attached hydrogen (secondary N) is 2. The number of benzene rings is 2. The van der Waals surface area contributed by atoms with Gasteiger partial charge in [-0.3, -0.25) is 4.79 Å². The third-order valence-corrected chi connectivity index (χ3v) is 4.74. The fraction of sp³-hybridized carbons (Fsp3) is 0.143. The van der Waals surface area contributed by atoms with Crippen LogP contribution in [0.3, 0.4) is 0 Å². The molecule has 0 spiro atoms. The lowest BCUT2D eigenvalue weighted by Crippen LogP contribution is -2.13. The number of H-pyrrole nitrogens is 1. The Balaban J connectivity index is 1.63. The number of hydrogen-bond acceptors (Lipinski definition) is 2. The Morgan fingerprint density at radius 1 is 1.04 bits per heavy atom. The van der Waals surface area contributed by atoms with Crippen molar-refractivity contribution in [2.45, 2.75) is 20.8 Å². The molecule has 4 rings (SSSR count). The molecule has 130 valence electrons. The quantitative estimate of drug-likeness (QED) is 0.573. The third-order valence-electron chi connectivity index (χ3n) is 4.74. The van der Waals surface area contributed by atoms with Gasteiger partial charge in [0.05, 0.1) is 5.69 Å². The van der Waals surface area contributed by atoms with Crippen LogP contribution in [0, 0.1) is 20.8 Å². The van der Waals surface area contributed by atoms with Crippen LogP contribution in [0.25, 0.3) is 16.6 Å². The van der Waals surface area contributed by atoms with E-state index in [0.717, 1.165) is 22.2 Å². The van der Waals surface area contributed by atoms with Crippen LogP contribution in [-0.2, 0) is 0 Å². The summed E-state index contributed by atoms with van der Waals surface area (Å²) < 4.78 is 1.77. The molecule has 2 aromatic heterocycles. The third kappa shape index (κ3) is 2.77. The van der Waals surface area contributed by atoms with Gasteiger partial charge in [-0.1, -0.05) is 24.3 Å². The number of amides is 1. The Morgan fingerprint density at radius 3 is 2.58 bits per heavy atom. The molecule has 0 bridgehead atoms. The number of carbonyl (C=O) groups is 1. The summed E-state index contributed by atoms with van der Waals surface area (Å²) in [6.45, 7) is 6.07. The zero-order valence-electron chi connectivity index (χ0n) is 15.0. The number of fused-ring (bicyclic) bond motifs is 1. The van der Waals surface area contributed by atoms with Gasteiger partial charge in [-0.2, -0.15) is 0 Å². The summed E-state index contributed by atoms with van der Waals surface area (Å²) in [5.41, 5.74) is 5.74. The first-order valence-corrected chi connectivity index (χ1v) is 8.55. The fourth-order valence-corrected chi connectivity index (χ4v) is 3.05. The van der Waals surface area contributed by atoms with E-state index in [0.29, 0.717) is 11.5 Å². The largest absolute Gasteiger partial charge is 0.351 e. The smallest absolute Gasteiger partial charge is 0.273 e. The summed E-state index contributed by atoms with van der Waals surface area (Å²) in [7, 11) is 0. The maximum absolute atomic E-state index is 12.7. The summed E-state index contributed by atoms with van der Waals surface area (Å²) in [6, 6.07) is 15.8. The Hall–Kier alpha value is -3.34. The van der Waals surface area contributed by atoms with Gasteiger partial charge in [0.1, 0.15) is 5.69 Å². The van der Waals surface area contributed by atoms with Crippen molar-refractivity contribution < 1.29 is 4.79 Å². The summed E-state index contributed by atoms with van der Waals surface area (Å²) in [5, 5.41) is 8.48. The summed E-state index contributed by atoms with van der Waals surface area (Å²) >= 11 is 0. The average molecular weight is 344 g/mol. The fourth-order valence-electron chi connectivity index (χ4n) is 3.05. The molecule has 0 aliphatic heterocycles. The van der Waals surface area contributed by atoms with Gasteiger partial charge in [-0.15, -0.1) is 5.10 Å². The van der Waals surface area contributed by atoms with E-state index >= 15 is 0 Å². The molecule has 0 unspecified atom stereocenters. The first-order chi connectivity index (χ1) is 12.5. The summed E-state index contributed by atoms with van der Waals surface area (Å²) in [4.78, 5) is 15.9. The second-order valence-corrected chi connectivity index (χ2v) is 6.55. The molecule has 0 radical (unpaired) electrons. The second kappa shape index (κ2) is 6.19. The lowest BCUT2D eigenvalue weighted by atomic mass is 10.1. The summed E-state index contributed by atoms with van der Waals surface area (Å²) in [6.07, 6.45) is 1.91. The first kappa shape index (κ1) is 16.1. The van der Waals surface area contributed by atoms with E-state index in [1.54, 1.807) is 4.68 Å². The Bertz CT molecular complexity index is 1110. The molecule has 0 atom stereocenters. The standard InChI is InChI=1S/C21H20N4O/c1-13-9-10-18-17(15(13)3)11-19(22-18)21(26)23-20-14(2)12-25(24-20)16-7-5-4-6-8-16/h4-12,22H,1-3H3,(H,23,24,26). The number of carbonyl (C=O) groups excluding carboxylic acids is 1.